The summed E-state index contributed by atoms with van der Waals surface area (Å²) >= 11 is 0. The van der Waals surface area contributed by atoms with Crippen molar-refractivity contribution in [3.63, 3.8) is 0 Å². The second-order valence-corrected chi connectivity index (χ2v) is 8.54. The van der Waals surface area contributed by atoms with Gasteiger partial charge in [-0.3, -0.25) is 9.69 Å². The molecule has 0 aromatic rings. The van der Waals surface area contributed by atoms with E-state index in [0.29, 0.717) is 19.5 Å². The van der Waals surface area contributed by atoms with Gasteiger partial charge in [-0.1, -0.05) is 0 Å². The Kier molecular flexibility index (Phi) is 5.57. The van der Waals surface area contributed by atoms with Crippen LogP contribution in [0.1, 0.15) is 34.1 Å². The lowest BCUT2D eigenvalue weighted by Crippen LogP contribution is -2.59. The molecule has 118 valence electrons. The molecular weight excluding hydrogens is 278 g/mol. The van der Waals surface area contributed by atoms with Gasteiger partial charge in [0.2, 0.25) is 5.91 Å². The van der Waals surface area contributed by atoms with Crippen LogP contribution in [0.5, 0.6) is 0 Å². The van der Waals surface area contributed by atoms with Gasteiger partial charge >= 0.3 is 0 Å². The second-order valence-electron chi connectivity index (χ2n) is 6.24. The molecule has 1 heterocycles. The van der Waals surface area contributed by atoms with Crippen LogP contribution in [-0.2, 0) is 14.6 Å². The summed E-state index contributed by atoms with van der Waals surface area (Å²) < 4.78 is 22.9. The number of nitrogens with one attached hydrogen (secondary N) is 1. The SMILES string of the molecule is CC(C)NC(C)(CC(C)N1CCS(=O)(=O)CC1)C(N)=O. The largest absolute Gasteiger partial charge is 0.368 e. The molecule has 3 N–H and O–H groups in total. The summed E-state index contributed by atoms with van der Waals surface area (Å²) in [7, 11) is -2.88. The molecule has 1 aliphatic rings. The zero-order valence-electron chi connectivity index (χ0n) is 12.8. The quantitative estimate of drug-likeness (QED) is 0.705. The molecule has 0 aromatic carbocycles. The van der Waals surface area contributed by atoms with Crippen molar-refractivity contribution in [3.05, 3.63) is 0 Å². The fourth-order valence-corrected chi connectivity index (χ4v) is 3.98. The van der Waals surface area contributed by atoms with Gasteiger partial charge in [0, 0.05) is 25.2 Å². The summed E-state index contributed by atoms with van der Waals surface area (Å²) in [4.78, 5) is 13.8. The Morgan fingerprint density at radius 3 is 2.20 bits per heavy atom. The van der Waals surface area contributed by atoms with E-state index >= 15 is 0 Å². The summed E-state index contributed by atoms with van der Waals surface area (Å²) in [5.41, 5.74) is 4.75. The van der Waals surface area contributed by atoms with Crippen LogP contribution in [0.15, 0.2) is 0 Å². The first kappa shape index (κ1) is 17.4. The molecule has 2 atom stereocenters. The molecule has 1 rings (SSSR count). The van der Waals surface area contributed by atoms with Crippen LogP contribution in [0.3, 0.4) is 0 Å². The molecule has 1 fully saturated rings. The lowest BCUT2D eigenvalue weighted by molar-refractivity contribution is -0.124. The van der Waals surface area contributed by atoms with Crippen molar-refractivity contribution >= 4 is 15.7 Å². The molecular formula is C13H27N3O3S. The normalized spacial score (nSPS) is 24.2. The number of rotatable bonds is 6. The Hall–Kier alpha value is -0.660. The van der Waals surface area contributed by atoms with Crippen molar-refractivity contribution in [1.82, 2.24) is 10.2 Å². The Morgan fingerprint density at radius 1 is 1.30 bits per heavy atom. The van der Waals surface area contributed by atoms with E-state index in [0.717, 1.165) is 0 Å². The summed E-state index contributed by atoms with van der Waals surface area (Å²) in [5.74, 6) is 0.0208. The van der Waals surface area contributed by atoms with E-state index in [1.54, 1.807) is 0 Å². The summed E-state index contributed by atoms with van der Waals surface area (Å²) in [6, 6.07) is 0.260. The zero-order chi connectivity index (χ0) is 15.6. The highest BCUT2D eigenvalue weighted by Crippen LogP contribution is 2.19. The molecule has 0 saturated carbocycles. The third-order valence-electron chi connectivity index (χ3n) is 3.86. The maximum absolute atomic E-state index is 11.7. The maximum Gasteiger partial charge on any atom is 0.237 e. The molecule has 7 heteroatoms. The number of hydrogen-bond donors (Lipinski definition) is 2. The second kappa shape index (κ2) is 6.41. The standard InChI is InChI=1S/C13H27N3O3S/c1-10(2)15-13(4,12(14)17)9-11(3)16-5-7-20(18,19)8-6-16/h10-11,15H,5-9H2,1-4H3,(H2,14,17). The van der Waals surface area contributed by atoms with Crippen LogP contribution in [0.2, 0.25) is 0 Å². The van der Waals surface area contributed by atoms with Gasteiger partial charge < -0.3 is 11.1 Å². The van der Waals surface area contributed by atoms with E-state index in [1.165, 1.54) is 0 Å². The van der Waals surface area contributed by atoms with Crippen molar-refractivity contribution < 1.29 is 13.2 Å². The smallest absolute Gasteiger partial charge is 0.237 e. The predicted octanol–water partition coefficient (Wildman–Crippen LogP) is -0.263. The van der Waals surface area contributed by atoms with Gasteiger partial charge in [0.1, 0.15) is 0 Å². The Balaban J connectivity index is 2.67. The number of primary amides is 1. The van der Waals surface area contributed by atoms with Gasteiger partial charge in [-0.2, -0.15) is 0 Å². The molecule has 1 aliphatic heterocycles. The first-order valence-electron chi connectivity index (χ1n) is 7.08. The lowest BCUT2D eigenvalue weighted by Gasteiger charge is -2.38. The minimum atomic E-state index is -2.88. The zero-order valence-corrected chi connectivity index (χ0v) is 13.7. The number of nitrogens with two attached hydrogens (primary N) is 1. The molecule has 2 unspecified atom stereocenters. The first-order chi connectivity index (χ1) is 9.06. The van der Waals surface area contributed by atoms with Crippen molar-refractivity contribution in [2.75, 3.05) is 24.6 Å². The topological polar surface area (TPSA) is 92.5 Å². The van der Waals surface area contributed by atoms with E-state index in [-0.39, 0.29) is 29.5 Å². The van der Waals surface area contributed by atoms with Gasteiger partial charge in [-0.25, -0.2) is 8.42 Å². The van der Waals surface area contributed by atoms with Crippen LogP contribution in [0.4, 0.5) is 0 Å². The number of nitrogens with zero attached hydrogens (tertiary/aromatic N) is 1. The van der Waals surface area contributed by atoms with Crippen LogP contribution in [0, 0.1) is 0 Å². The van der Waals surface area contributed by atoms with Crippen LogP contribution < -0.4 is 11.1 Å². The molecule has 1 saturated heterocycles. The number of carbonyl (C=O) groups excluding carboxylic acids is 1. The van der Waals surface area contributed by atoms with Gasteiger partial charge in [0.25, 0.3) is 0 Å². The van der Waals surface area contributed by atoms with Crippen molar-refractivity contribution in [1.29, 1.82) is 0 Å². The van der Waals surface area contributed by atoms with E-state index in [1.807, 2.05) is 27.7 Å². The van der Waals surface area contributed by atoms with Gasteiger partial charge in [-0.05, 0) is 34.1 Å². The average molecular weight is 305 g/mol. The van der Waals surface area contributed by atoms with Crippen molar-refractivity contribution in [2.24, 2.45) is 5.73 Å². The number of hydrogen-bond acceptors (Lipinski definition) is 5. The fraction of sp³-hybridized carbons (Fsp3) is 0.923. The molecule has 0 aliphatic carbocycles. The monoisotopic (exact) mass is 305 g/mol. The minimum Gasteiger partial charge on any atom is -0.368 e. The van der Waals surface area contributed by atoms with Gasteiger partial charge in [-0.15, -0.1) is 0 Å². The predicted molar refractivity (Wildman–Crippen MR) is 80.2 cm³/mol. The fourth-order valence-electron chi connectivity index (χ4n) is 2.76. The Morgan fingerprint density at radius 2 is 1.80 bits per heavy atom. The third kappa shape index (κ3) is 4.71. The lowest BCUT2D eigenvalue weighted by atomic mass is 9.91. The summed E-state index contributed by atoms with van der Waals surface area (Å²) in [5, 5.41) is 3.22. The highest BCUT2D eigenvalue weighted by atomic mass is 32.2. The maximum atomic E-state index is 11.7. The van der Waals surface area contributed by atoms with Crippen molar-refractivity contribution in [2.45, 2.75) is 51.7 Å². The van der Waals surface area contributed by atoms with E-state index in [4.69, 9.17) is 5.73 Å². The highest BCUT2D eigenvalue weighted by molar-refractivity contribution is 7.91. The van der Waals surface area contributed by atoms with E-state index in [9.17, 15) is 13.2 Å². The molecule has 1 amide bonds. The Labute approximate surface area is 122 Å². The number of sulfone groups is 1. The van der Waals surface area contributed by atoms with E-state index in [2.05, 4.69) is 10.2 Å². The van der Waals surface area contributed by atoms with Crippen LogP contribution in [-0.4, -0.2) is 61.4 Å². The van der Waals surface area contributed by atoms with Crippen LogP contribution in [0.25, 0.3) is 0 Å². The highest BCUT2D eigenvalue weighted by Gasteiger charge is 2.35. The number of amides is 1. The van der Waals surface area contributed by atoms with E-state index < -0.39 is 15.4 Å². The average Bonchev–Trinajstić information content (AvgIpc) is 2.26. The molecule has 6 nitrogen and oxygen atoms in total. The summed E-state index contributed by atoms with van der Waals surface area (Å²) in [6.07, 6.45) is 0.570. The summed E-state index contributed by atoms with van der Waals surface area (Å²) in [6.45, 7) is 8.83. The minimum absolute atomic E-state index is 0.106. The molecule has 20 heavy (non-hydrogen) atoms. The Bertz CT molecular complexity index is 436. The molecule has 0 aromatic heterocycles. The molecule has 0 radical (unpaired) electrons. The molecule has 0 bridgehead atoms. The van der Waals surface area contributed by atoms with Gasteiger partial charge in [0.15, 0.2) is 9.84 Å². The van der Waals surface area contributed by atoms with Crippen LogP contribution >= 0.6 is 0 Å². The van der Waals surface area contributed by atoms with Gasteiger partial charge in [0.05, 0.1) is 17.0 Å². The van der Waals surface area contributed by atoms with Crippen molar-refractivity contribution in [3.8, 4) is 0 Å². The third-order valence-corrected chi connectivity index (χ3v) is 5.47. The first-order valence-corrected chi connectivity index (χ1v) is 8.90. The molecule has 0 spiro atoms. The number of carbonyl (C=O) groups is 1.